The van der Waals surface area contributed by atoms with Gasteiger partial charge in [0.05, 0.1) is 12.1 Å². The van der Waals surface area contributed by atoms with Gasteiger partial charge in [0.2, 0.25) is 0 Å². The van der Waals surface area contributed by atoms with Crippen LogP contribution >= 0.6 is 0 Å². The molecule has 0 aliphatic heterocycles. The molecule has 6 nitrogen and oxygen atoms in total. The molecule has 1 fully saturated rings. The van der Waals surface area contributed by atoms with Gasteiger partial charge >= 0.3 is 6.18 Å². The lowest BCUT2D eigenvalue weighted by molar-refractivity contribution is -0.137. The number of guanidine groups is 1. The standard InChI is InChI=1S/C27H26F5N5O/c28-22-10-7-19(15-23(22)29)25(38)37-26(35-16-18-3-1-4-20(13-18)27(30,31)32)36-21-8-5-17(6-9-21)14-24-33-11-2-12-34-24/h1-4,7,10-13,15,17,21H,5-6,8-9,14,16H2,(H2,35,36,37,38). The maximum absolute atomic E-state index is 13.6. The highest BCUT2D eigenvalue weighted by Crippen LogP contribution is 2.30. The van der Waals surface area contributed by atoms with Gasteiger partial charge in [-0.3, -0.25) is 10.1 Å². The molecule has 0 radical (unpaired) electrons. The molecule has 0 bridgehead atoms. The van der Waals surface area contributed by atoms with E-state index in [1.165, 1.54) is 12.1 Å². The average molecular weight is 532 g/mol. The summed E-state index contributed by atoms with van der Waals surface area (Å²) in [5.74, 6) is -1.76. The van der Waals surface area contributed by atoms with Crippen LogP contribution in [0.25, 0.3) is 0 Å². The van der Waals surface area contributed by atoms with Crippen LogP contribution in [0.5, 0.6) is 0 Å². The number of aromatic nitrogens is 2. The maximum atomic E-state index is 13.6. The van der Waals surface area contributed by atoms with Gasteiger partial charge < -0.3 is 5.32 Å². The van der Waals surface area contributed by atoms with E-state index in [0.29, 0.717) is 11.5 Å². The third-order valence-electron chi connectivity index (χ3n) is 6.37. The molecule has 11 heteroatoms. The molecular weight excluding hydrogens is 505 g/mol. The first kappa shape index (κ1) is 27.2. The lowest BCUT2D eigenvalue weighted by atomic mass is 9.84. The minimum Gasteiger partial charge on any atom is -0.353 e. The minimum atomic E-state index is -4.49. The molecule has 38 heavy (non-hydrogen) atoms. The first-order valence-corrected chi connectivity index (χ1v) is 12.2. The Hall–Kier alpha value is -3.89. The van der Waals surface area contributed by atoms with E-state index in [1.807, 2.05) is 0 Å². The summed E-state index contributed by atoms with van der Waals surface area (Å²) >= 11 is 0. The van der Waals surface area contributed by atoms with Crippen molar-refractivity contribution in [2.24, 2.45) is 10.9 Å². The second-order valence-corrected chi connectivity index (χ2v) is 9.18. The van der Waals surface area contributed by atoms with Gasteiger partial charge in [-0.1, -0.05) is 12.1 Å². The normalized spacial score (nSPS) is 18.2. The van der Waals surface area contributed by atoms with Crippen LogP contribution in [-0.4, -0.2) is 27.9 Å². The Kier molecular flexibility index (Phi) is 8.65. The molecule has 1 heterocycles. The predicted molar refractivity (Wildman–Crippen MR) is 131 cm³/mol. The minimum absolute atomic E-state index is 0.0477. The van der Waals surface area contributed by atoms with Crippen molar-refractivity contribution < 1.29 is 26.7 Å². The number of halogens is 5. The van der Waals surface area contributed by atoms with Crippen molar-refractivity contribution >= 4 is 11.9 Å². The Morgan fingerprint density at radius 2 is 1.68 bits per heavy atom. The number of hydrogen-bond acceptors (Lipinski definition) is 4. The van der Waals surface area contributed by atoms with Gasteiger partial charge in [0.25, 0.3) is 5.91 Å². The number of aliphatic imine (C=N–C) groups is 1. The monoisotopic (exact) mass is 531 g/mol. The van der Waals surface area contributed by atoms with Crippen LogP contribution in [0.3, 0.4) is 0 Å². The molecule has 1 aliphatic carbocycles. The summed E-state index contributed by atoms with van der Waals surface area (Å²) in [5, 5.41) is 5.74. The number of alkyl halides is 3. The second-order valence-electron chi connectivity index (χ2n) is 9.18. The first-order chi connectivity index (χ1) is 18.2. The smallest absolute Gasteiger partial charge is 0.353 e. The number of nitrogens with one attached hydrogen (secondary N) is 2. The van der Waals surface area contributed by atoms with Crippen LogP contribution in [0.1, 0.15) is 53.0 Å². The molecule has 1 aliphatic rings. The Morgan fingerprint density at radius 1 is 0.947 bits per heavy atom. The second kappa shape index (κ2) is 12.1. The van der Waals surface area contributed by atoms with Crippen molar-refractivity contribution in [3.8, 4) is 0 Å². The molecular formula is C27H26F5N5O. The van der Waals surface area contributed by atoms with E-state index in [4.69, 9.17) is 0 Å². The number of carbonyl (C=O) groups excluding carboxylic acids is 1. The third kappa shape index (κ3) is 7.56. The number of nitrogens with zero attached hydrogens (tertiary/aromatic N) is 3. The van der Waals surface area contributed by atoms with Crippen molar-refractivity contribution in [3.63, 3.8) is 0 Å². The van der Waals surface area contributed by atoms with Crippen LogP contribution in [-0.2, 0) is 19.1 Å². The van der Waals surface area contributed by atoms with E-state index < -0.39 is 29.3 Å². The van der Waals surface area contributed by atoms with Crippen LogP contribution in [0.4, 0.5) is 22.0 Å². The molecule has 2 N–H and O–H groups in total. The zero-order valence-electron chi connectivity index (χ0n) is 20.3. The molecule has 1 amide bonds. The van der Waals surface area contributed by atoms with Gasteiger partial charge in [-0.25, -0.2) is 23.7 Å². The van der Waals surface area contributed by atoms with Crippen molar-refractivity contribution in [1.82, 2.24) is 20.6 Å². The largest absolute Gasteiger partial charge is 0.416 e. The summed E-state index contributed by atoms with van der Waals surface area (Å²) in [5.41, 5.74) is -0.622. The third-order valence-corrected chi connectivity index (χ3v) is 6.37. The van der Waals surface area contributed by atoms with E-state index in [9.17, 15) is 26.7 Å². The molecule has 0 atom stereocenters. The molecule has 0 spiro atoms. The summed E-state index contributed by atoms with van der Waals surface area (Å²) in [6.45, 7) is -0.134. The number of amides is 1. The molecule has 0 unspecified atom stereocenters. The average Bonchev–Trinajstić information content (AvgIpc) is 2.90. The Labute approximate surface area is 216 Å². The number of carbonyl (C=O) groups is 1. The summed E-state index contributed by atoms with van der Waals surface area (Å²) in [4.78, 5) is 25.6. The lowest BCUT2D eigenvalue weighted by Gasteiger charge is -2.29. The number of rotatable bonds is 6. The van der Waals surface area contributed by atoms with Crippen LogP contribution in [0.2, 0.25) is 0 Å². The van der Waals surface area contributed by atoms with Crippen molar-refractivity contribution in [1.29, 1.82) is 0 Å². The maximum Gasteiger partial charge on any atom is 0.416 e. The summed E-state index contributed by atoms with van der Waals surface area (Å²) in [7, 11) is 0. The van der Waals surface area contributed by atoms with Crippen molar-refractivity contribution in [2.75, 3.05) is 0 Å². The van der Waals surface area contributed by atoms with E-state index in [1.54, 1.807) is 18.5 Å². The Balaban J connectivity index is 1.45. The van der Waals surface area contributed by atoms with E-state index in [2.05, 4.69) is 25.6 Å². The summed E-state index contributed by atoms with van der Waals surface area (Å²) in [6, 6.07) is 9.22. The topological polar surface area (TPSA) is 79.3 Å². The van der Waals surface area contributed by atoms with E-state index in [0.717, 1.165) is 68.3 Å². The fourth-order valence-corrected chi connectivity index (χ4v) is 4.35. The van der Waals surface area contributed by atoms with Crippen LogP contribution in [0, 0.1) is 17.6 Å². The quantitative estimate of drug-likeness (QED) is 0.252. The van der Waals surface area contributed by atoms with E-state index >= 15 is 0 Å². The van der Waals surface area contributed by atoms with Gasteiger partial charge in [0.15, 0.2) is 17.6 Å². The molecule has 1 saturated carbocycles. The van der Waals surface area contributed by atoms with Gasteiger partial charge in [-0.2, -0.15) is 13.2 Å². The highest BCUT2D eigenvalue weighted by molar-refractivity contribution is 6.05. The van der Waals surface area contributed by atoms with Gasteiger partial charge in [-0.15, -0.1) is 0 Å². The lowest BCUT2D eigenvalue weighted by Crippen LogP contribution is -2.47. The zero-order valence-corrected chi connectivity index (χ0v) is 20.3. The van der Waals surface area contributed by atoms with Crippen LogP contribution < -0.4 is 10.6 Å². The fraction of sp³-hybridized carbons (Fsp3) is 0.333. The number of hydrogen-bond donors (Lipinski definition) is 2. The first-order valence-electron chi connectivity index (χ1n) is 12.2. The van der Waals surface area contributed by atoms with Gasteiger partial charge in [-0.05, 0) is 73.6 Å². The Bertz CT molecular complexity index is 1270. The summed E-state index contributed by atoms with van der Waals surface area (Å²) in [6.07, 6.45) is 2.98. The SMILES string of the molecule is O=C(NC(=NCc1cccc(C(F)(F)F)c1)NC1CCC(Cc2ncccn2)CC1)c1ccc(F)c(F)c1. The highest BCUT2D eigenvalue weighted by Gasteiger charge is 2.30. The molecule has 2 aromatic carbocycles. The van der Waals surface area contributed by atoms with E-state index in [-0.39, 0.29) is 24.1 Å². The Morgan fingerprint density at radius 3 is 2.37 bits per heavy atom. The molecule has 3 aromatic rings. The highest BCUT2D eigenvalue weighted by atomic mass is 19.4. The molecule has 200 valence electrons. The van der Waals surface area contributed by atoms with Gasteiger partial charge in [0.1, 0.15) is 5.82 Å². The zero-order chi connectivity index (χ0) is 27.1. The molecule has 0 saturated heterocycles. The molecule has 4 rings (SSSR count). The number of benzene rings is 2. The molecule has 1 aromatic heterocycles. The van der Waals surface area contributed by atoms with Crippen molar-refractivity contribution in [2.45, 2.75) is 50.9 Å². The predicted octanol–water partition coefficient (Wildman–Crippen LogP) is 5.45. The van der Waals surface area contributed by atoms with Gasteiger partial charge in [0, 0.05) is 30.4 Å². The fourth-order valence-electron chi connectivity index (χ4n) is 4.35. The van der Waals surface area contributed by atoms with Crippen LogP contribution in [0.15, 0.2) is 65.9 Å². The summed E-state index contributed by atoms with van der Waals surface area (Å²) < 4.78 is 66.2. The van der Waals surface area contributed by atoms with Crippen molar-refractivity contribution in [3.05, 3.63) is 95.1 Å².